The normalized spacial score (nSPS) is 11.9. The second-order valence-corrected chi connectivity index (χ2v) is 6.31. The van der Waals surface area contributed by atoms with E-state index in [2.05, 4.69) is 6.58 Å². The molecule has 144 valence electrons. The predicted octanol–water partition coefficient (Wildman–Crippen LogP) is 3.20. The van der Waals surface area contributed by atoms with Gasteiger partial charge in [-0.15, -0.1) is 0 Å². The summed E-state index contributed by atoms with van der Waals surface area (Å²) in [4.78, 5) is 36.8. The van der Waals surface area contributed by atoms with Crippen molar-refractivity contribution < 1.29 is 28.2 Å². The van der Waals surface area contributed by atoms with Crippen LogP contribution in [0.1, 0.15) is 32.4 Å². The molecule has 1 heterocycles. The van der Waals surface area contributed by atoms with Gasteiger partial charge in [0.05, 0.1) is 25.7 Å². The average Bonchev–Trinajstić information content (AvgIpc) is 2.63. The number of methoxy groups -OCH3 is 2. The van der Waals surface area contributed by atoms with Crippen LogP contribution in [0.3, 0.4) is 0 Å². The number of ketones is 1. The zero-order valence-corrected chi connectivity index (χ0v) is 16.0. The van der Waals surface area contributed by atoms with E-state index in [0.29, 0.717) is 11.1 Å². The number of ether oxygens (including phenoxy) is 3. The molecule has 0 saturated carbocycles. The van der Waals surface area contributed by atoms with Gasteiger partial charge in [-0.25, -0.2) is 4.79 Å². The molecular formula is C20H22O7. The van der Waals surface area contributed by atoms with Gasteiger partial charge in [0.15, 0.2) is 17.6 Å². The van der Waals surface area contributed by atoms with Crippen molar-refractivity contribution in [1.82, 2.24) is 0 Å². The van der Waals surface area contributed by atoms with Crippen molar-refractivity contribution in [2.75, 3.05) is 14.2 Å². The van der Waals surface area contributed by atoms with Gasteiger partial charge < -0.3 is 18.6 Å². The Kier molecular flexibility index (Phi) is 6.05. The zero-order chi connectivity index (χ0) is 20.3. The van der Waals surface area contributed by atoms with E-state index in [1.807, 2.05) is 0 Å². The van der Waals surface area contributed by atoms with Crippen molar-refractivity contribution in [2.45, 2.75) is 26.9 Å². The second-order valence-electron chi connectivity index (χ2n) is 6.31. The molecule has 7 heteroatoms. The van der Waals surface area contributed by atoms with E-state index in [1.54, 1.807) is 19.9 Å². The van der Waals surface area contributed by atoms with Crippen molar-refractivity contribution >= 4 is 22.7 Å². The van der Waals surface area contributed by atoms with E-state index in [1.165, 1.54) is 33.3 Å². The van der Waals surface area contributed by atoms with E-state index >= 15 is 0 Å². The van der Waals surface area contributed by atoms with Crippen LogP contribution in [0.2, 0.25) is 0 Å². The molecule has 2 aromatic rings. The Morgan fingerprint density at radius 1 is 1.15 bits per heavy atom. The summed E-state index contributed by atoms with van der Waals surface area (Å²) >= 11 is 0. The highest BCUT2D eigenvalue weighted by molar-refractivity contribution is 6.02. The van der Waals surface area contributed by atoms with Gasteiger partial charge >= 0.3 is 11.6 Å². The van der Waals surface area contributed by atoms with Gasteiger partial charge in [-0.2, -0.15) is 0 Å². The highest BCUT2D eigenvalue weighted by Crippen LogP contribution is 2.42. The van der Waals surface area contributed by atoms with Crippen LogP contribution in [0.25, 0.3) is 11.0 Å². The SMILES string of the molecule is C=C(C)C(=O)C(OC(=O)C(C)C)c1c(OC)c(OC)cc2ccc(=O)oc12. The molecule has 0 N–H and O–H groups in total. The Morgan fingerprint density at radius 2 is 1.81 bits per heavy atom. The Morgan fingerprint density at radius 3 is 2.33 bits per heavy atom. The topological polar surface area (TPSA) is 92.0 Å². The molecule has 1 unspecified atom stereocenters. The number of hydrogen-bond acceptors (Lipinski definition) is 7. The smallest absolute Gasteiger partial charge is 0.336 e. The minimum atomic E-state index is -1.39. The van der Waals surface area contributed by atoms with Crippen LogP contribution in [0, 0.1) is 5.92 Å². The molecule has 27 heavy (non-hydrogen) atoms. The van der Waals surface area contributed by atoms with Crippen LogP contribution < -0.4 is 15.1 Å². The molecule has 1 aromatic heterocycles. The number of fused-ring (bicyclic) bond motifs is 1. The largest absolute Gasteiger partial charge is 0.493 e. The van der Waals surface area contributed by atoms with Crippen LogP contribution in [-0.4, -0.2) is 26.0 Å². The molecule has 7 nitrogen and oxygen atoms in total. The van der Waals surface area contributed by atoms with E-state index in [9.17, 15) is 14.4 Å². The van der Waals surface area contributed by atoms with E-state index in [4.69, 9.17) is 18.6 Å². The van der Waals surface area contributed by atoms with Gasteiger partial charge in [-0.05, 0) is 24.6 Å². The lowest BCUT2D eigenvalue weighted by molar-refractivity contribution is -0.157. The van der Waals surface area contributed by atoms with Crippen molar-refractivity contribution in [3.8, 4) is 11.5 Å². The highest BCUT2D eigenvalue weighted by Gasteiger charge is 2.34. The first kappa shape index (κ1) is 20.2. The van der Waals surface area contributed by atoms with E-state index < -0.39 is 29.4 Å². The number of esters is 1. The summed E-state index contributed by atoms with van der Waals surface area (Å²) in [5, 5.41) is 0.488. The van der Waals surface area contributed by atoms with E-state index in [0.717, 1.165) is 0 Å². The fourth-order valence-corrected chi connectivity index (χ4v) is 2.51. The maximum atomic E-state index is 12.8. The van der Waals surface area contributed by atoms with Gasteiger partial charge in [0.1, 0.15) is 5.58 Å². The summed E-state index contributed by atoms with van der Waals surface area (Å²) in [6.07, 6.45) is -1.39. The Labute approximate surface area is 156 Å². The standard InChI is InChI=1S/C20H22O7/c1-10(2)16(22)19(27-20(23)11(3)4)15-17-12(7-8-14(21)26-17)9-13(24-5)18(15)25-6/h7-9,11,19H,1H2,2-6H3. The summed E-state index contributed by atoms with van der Waals surface area (Å²) in [6.45, 7) is 8.44. The lowest BCUT2D eigenvalue weighted by Crippen LogP contribution is -2.24. The number of hydrogen-bond donors (Lipinski definition) is 0. The molecule has 0 bridgehead atoms. The van der Waals surface area contributed by atoms with Gasteiger partial charge in [0.25, 0.3) is 0 Å². The Hall–Kier alpha value is -3.09. The Balaban J connectivity index is 2.88. The molecule has 0 aliphatic heterocycles. The van der Waals surface area contributed by atoms with Gasteiger partial charge in [0, 0.05) is 11.5 Å². The molecule has 0 aliphatic rings. The lowest BCUT2D eigenvalue weighted by Gasteiger charge is -2.22. The molecule has 0 saturated heterocycles. The minimum absolute atomic E-state index is 0.0799. The second kappa shape index (κ2) is 8.07. The zero-order valence-electron chi connectivity index (χ0n) is 16.0. The molecule has 2 rings (SSSR count). The maximum absolute atomic E-state index is 12.8. The fourth-order valence-electron chi connectivity index (χ4n) is 2.51. The third-order valence-electron chi connectivity index (χ3n) is 3.91. The summed E-state index contributed by atoms with van der Waals surface area (Å²) in [5.74, 6) is -1.17. The van der Waals surface area contributed by atoms with Gasteiger partial charge in [0.2, 0.25) is 5.78 Å². The quantitative estimate of drug-likeness (QED) is 0.417. The number of Topliss-reactive ketones (excluding diaryl/α,β-unsaturated/α-hetero) is 1. The molecule has 0 amide bonds. The number of carbonyl (C=O) groups excluding carboxylic acids is 2. The summed E-state index contributed by atoms with van der Waals surface area (Å²) in [5.41, 5.74) is -0.261. The van der Waals surface area contributed by atoms with Crippen molar-refractivity contribution in [1.29, 1.82) is 0 Å². The van der Waals surface area contributed by atoms with Crippen LogP contribution in [-0.2, 0) is 14.3 Å². The summed E-state index contributed by atoms with van der Waals surface area (Å²) < 4.78 is 21.5. The minimum Gasteiger partial charge on any atom is -0.493 e. The first-order valence-corrected chi connectivity index (χ1v) is 8.30. The fraction of sp³-hybridized carbons (Fsp3) is 0.350. The third-order valence-corrected chi connectivity index (χ3v) is 3.91. The van der Waals surface area contributed by atoms with Crippen LogP contribution in [0.4, 0.5) is 0 Å². The molecule has 0 fully saturated rings. The lowest BCUT2D eigenvalue weighted by atomic mass is 9.97. The average molecular weight is 374 g/mol. The summed E-state index contributed by atoms with van der Waals surface area (Å²) in [6, 6.07) is 4.38. The van der Waals surface area contributed by atoms with Crippen LogP contribution >= 0.6 is 0 Å². The number of carbonyl (C=O) groups is 2. The van der Waals surface area contributed by atoms with Crippen molar-refractivity contribution in [3.05, 3.63) is 46.3 Å². The monoisotopic (exact) mass is 374 g/mol. The van der Waals surface area contributed by atoms with Gasteiger partial charge in [-0.1, -0.05) is 20.4 Å². The maximum Gasteiger partial charge on any atom is 0.336 e. The molecule has 0 aliphatic carbocycles. The molecule has 1 aromatic carbocycles. The van der Waals surface area contributed by atoms with Gasteiger partial charge in [-0.3, -0.25) is 9.59 Å². The third kappa shape index (κ3) is 4.02. The highest BCUT2D eigenvalue weighted by atomic mass is 16.6. The molecule has 0 radical (unpaired) electrons. The molecule has 0 spiro atoms. The first-order valence-electron chi connectivity index (χ1n) is 8.30. The van der Waals surface area contributed by atoms with Crippen molar-refractivity contribution in [3.63, 3.8) is 0 Å². The van der Waals surface area contributed by atoms with Crippen LogP contribution in [0.15, 0.2) is 39.6 Å². The summed E-state index contributed by atoms with van der Waals surface area (Å²) in [7, 11) is 2.81. The molecule has 1 atom stereocenters. The molecular weight excluding hydrogens is 352 g/mol. The number of rotatable bonds is 7. The van der Waals surface area contributed by atoms with Crippen LogP contribution in [0.5, 0.6) is 11.5 Å². The predicted molar refractivity (Wildman–Crippen MR) is 99.1 cm³/mol. The first-order chi connectivity index (χ1) is 12.7. The van der Waals surface area contributed by atoms with Crippen molar-refractivity contribution in [2.24, 2.45) is 5.92 Å². The van der Waals surface area contributed by atoms with E-state index in [-0.39, 0.29) is 22.5 Å². The number of benzene rings is 1. The Bertz CT molecular complexity index is 953.